The number of carbonyl (C=O) groups is 3. The molecular formula is C25H29F3N4O4. The van der Waals surface area contributed by atoms with Gasteiger partial charge in [-0.05, 0) is 17.7 Å². The lowest BCUT2D eigenvalue weighted by atomic mass is 10.1. The fourth-order valence-electron chi connectivity index (χ4n) is 3.77. The number of nitrogens with one attached hydrogen (secondary N) is 1. The normalized spacial score (nSPS) is 14.4. The molecule has 1 aliphatic heterocycles. The quantitative estimate of drug-likeness (QED) is 0.529. The highest BCUT2D eigenvalue weighted by Crippen LogP contribution is 2.20. The Balaban J connectivity index is 1.66. The Kier molecular flexibility index (Phi) is 9.43. The summed E-state index contributed by atoms with van der Waals surface area (Å²) in [7, 11) is 1.66. The number of amides is 3. The Labute approximate surface area is 207 Å². The molecule has 0 aliphatic carbocycles. The van der Waals surface area contributed by atoms with Crippen LogP contribution < -0.4 is 10.2 Å². The number of methoxy groups -OCH3 is 1. The molecule has 1 N–H and O–H groups in total. The Morgan fingerprint density at radius 2 is 1.61 bits per heavy atom. The first kappa shape index (κ1) is 27.2. The molecule has 1 aliphatic rings. The summed E-state index contributed by atoms with van der Waals surface area (Å²) in [6, 6.07) is 15.3. The monoisotopic (exact) mass is 506 g/mol. The molecule has 0 radical (unpaired) electrons. The second-order valence-electron chi connectivity index (χ2n) is 8.33. The van der Waals surface area contributed by atoms with Crippen LogP contribution in [0.5, 0.6) is 0 Å². The molecule has 8 nitrogen and oxygen atoms in total. The first-order valence-electron chi connectivity index (χ1n) is 11.5. The minimum Gasteiger partial charge on any atom is -0.383 e. The molecule has 0 aromatic heterocycles. The van der Waals surface area contributed by atoms with E-state index in [0.717, 1.165) is 30.9 Å². The molecule has 194 valence electrons. The van der Waals surface area contributed by atoms with Crippen LogP contribution in [0.15, 0.2) is 54.6 Å². The minimum atomic E-state index is -5.05. The Morgan fingerprint density at radius 3 is 2.19 bits per heavy atom. The predicted molar refractivity (Wildman–Crippen MR) is 128 cm³/mol. The highest BCUT2D eigenvalue weighted by Gasteiger charge is 2.38. The van der Waals surface area contributed by atoms with E-state index in [1.165, 1.54) is 12.1 Å². The number of benzene rings is 2. The summed E-state index contributed by atoms with van der Waals surface area (Å²) in [5, 5.41) is 1.57. The number of ketones is 1. The predicted octanol–water partition coefficient (Wildman–Crippen LogP) is 2.94. The lowest BCUT2D eigenvalue weighted by Gasteiger charge is -2.37. The average molecular weight is 507 g/mol. The van der Waals surface area contributed by atoms with Gasteiger partial charge in [0.2, 0.25) is 0 Å². The van der Waals surface area contributed by atoms with Gasteiger partial charge in [0.1, 0.15) is 0 Å². The number of rotatable bonds is 9. The van der Waals surface area contributed by atoms with Gasteiger partial charge in [-0.25, -0.2) is 4.79 Å². The molecule has 0 saturated carbocycles. The number of anilines is 1. The van der Waals surface area contributed by atoms with Gasteiger partial charge in [-0.1, -0.05) is 42.5 Å². The molecule has 0 spiro atoms. The largest absolute Gasteiger partial charge is 0.471 e. The SMILES string of the molecule is COCCN1CCN(C(=O)N(Cc2ccc(C(=O)CNC(=O)C(F)(F)F)cc2)c2ccccc2)CC1. The maximum absolute atomic E-state index is 13.5. The minimum absolute atomic E-state index is 0.136. The zero-order valence-electron chi connectivity index (χ0n) is 20.0. The van der Waals surface area contributed by atoms with Crippen LogP contribution in [0.2, 0.25) is 0 Å². The molecule has 2 aromatic carbocycles. The van der Waals surface area contributed by atoms with Crippen molar-refractivity contribution in [3.63, 3.8) is 0 Å². The van der Waals surface area contributed by atoms with Crippen molar-refractivity contribution in [2.45, 2.75) is 12.7 Å². The van der Waals surface area contributed by atoms with E-state index < -0.39 is 24.4 Å². The Hall–Kier alpha value is -3.44. The molecule has 0 bridgehead atoms. The maximum Gasteiger partial charge on any atom is 0.471 e. The molecule has 36 heavy (non-hydrogen) atoms. The number of nitrogens with zero attached hydrogens (tertiary/aromatic N) is 3. The van der Waals surface area contributed by atoms with Crippen molar-refractivity contribution in [1.82, 2.24) is 15.1 Å². The van der Waals surface area contributed by atoms with Gasteiger partial charge in [0.05, 0.1) is 19.7 Å². The number of para-hydroxylation sites is 1. The summed E-state index contributed by atoms with van der Waals surface area (Å²) in [5.74, 6) is -2.81. The number of ether oxygens (including phenoxy) is 1. The van der Waals surface area contributed by atoms with E-state index >= 15 is 0 Å². The molecule has 1 fully saturated rings. The Morgan fingerprint density at radius 1 is 0.972 bits per heavy atom. The molecule has 0 atom stereocenters. The number of Topliss-reactive ketones (excluding diaryl/α,β-unsaturated/α-hetero) is 1. The molecular weight excluding hydrogens is 477 g/mol. The van der Waals surface area contributed by atoms with E-state index in [9.17, 15) is 27.6 Å². The maximum atomic E-state index is 13.5. The number of urea groups is 1. The highest BCUT2D eigenvalue weighted by molar-refractivity contribution is 5.99. The lowest BCUT2D eigenvalue weighted by molar-refractivity contribution is -0.173. The zero-order valence-corrected chi connectivity index (χ0v) is 20.0. The number of hydrogen-bond acceptors (Lipinski definition) is 5. The standard InChI is InChI=1S/C25H29F3N4O4/c1-36-16-15-30-11-13-31(14-12-30)24(35)32(21-5-3-2-4-6-21)18-19-7-9-20(10-8-19)22(33)17-29-23(34)25(26,27)28/h2-10H,11-18H2,1H3,(H,29,34). The fraction of sp³-hybridized carbons (Fsp3) is 0.400. The zero-order chi connectivity index (χ0) is 26.1. The second-order valence-corrected chi connectivity index (χ2v) is 8.33. The molecule has 1 heterocycles. The van der Waals surface area contributed by atoms with Crippen LogP contribution in [-0.4, -0.2) is 86.7 Å². The molecule has 3 amide bonds. The van der Waals surface area contributed by atoms with E-state index in [1.54, 1.807) is 34.4 Å². The van der Waals surface area contributed by atoms with Crippen LogP contribution in [0.4, 0.5) is 23.7 Å². The summed E-state index contributed by atoms with van der Waals surface area (Å²) in [5.41, 5.74) is 1.62. The van der Waals surface area contributed by atoms with Crippen molar-refractivity contribution in [3.05, 3.63) is 65.7 Å². The van der Waals surface area contributed by atoms with Gasteiger partial charge in [-0.2, -0.15) is 13.2 Å². The molecule has 0 unspecified atom stereocenters. The van der Waals surface area contributed by atoms with Gasteiger partial charge in [-0.15, -0.1) is 0 Å². The highest BCUT2D eigenvalue weighted by atomic mass is 19.4. The van der Waals surface area contributed by atoms with Gasteiger partial charge in [0.15, 0.2) is 5.78 Å². The van der Waals surface area contributed by atoms with E-state index in [1.807, 2.05) is 30.3 Å². The summed E-state index contributed by atoms with van der Waals surface area (Å²) in [6.07, 6.45) is -5.05. The van der Waals surface area contributed by atoms with E-state index in [4.69, 9.17) is 4.74 Å². The van der Waals surface area contributed by atoms with Gasteiger partial charge in [0, 0.05) is 51.1 Å². The van der Waals surface area contributed by atoms with E-state index in [2.05, 4.69) is 4.90 Å². The smallest absolute Gasteiger partial charge is 0.383 e. The van der Waals surface area contributed by atoms with E-state index in [0.29, 0.717) is 19.7 Å². The summed E-state index contributed by atoms with van der Waals surface area (Å²) in [4.78, 5) is 42.3. The Bertz CT molecular complexity index is 1020. The van der Waals surface area contributed by atoms with Gasteiger partial charge in [0.25, 0.3) is 0 Å². The van der Waals surface area contributed by atoms with Crippen molar-refractivity contribution >= 4 is 23.4 Å². The van der Waals surface area contributed by atoms with Crippen molar-refractivity contribution in [2.24, 2.45) is 0 Å². The summed E-state index contributed by atoms with van der Waals surface area (Å²) >= 11 is 0. The van der Waals surface area contributed by atoms with Gasteiger partial charge in [-0.3, -0.25) is 19.4 Å². The lowest BCUT2D eigenvalue weighted by Crippen LogP contribution is -2.53. The first-order chi connectivity index (χ1) is 17.2. The number of carbonyl (C=O) groups excluding carboxylic acids is 3. The van der Waals surface area contributed by atoms with Crippen molar-refractivity contribution in [2.75, 3.05) is 57.9 Å². The number of halogens is 3. The third-order valence-electron chi connectivity index (χ3n) is 5.84. The van der Waals surface area contributed by atoms with E-state index in [-0.39, 0.29) is 18.1 Å². The summed E-state index contributed by atoms with van der Waals surface area (Å²) in [6.45, 7) is 3.60. The van der Waals surface area contributed by atoms with Crippen molar-refractivity contribution in [1.29, 1.82) is 0 Å². The number of piperazine rings is 1. The van der Waals surface area contributed by atoms with Crippen LogP contribution in [0, 0.1) is 0 Å². The van der Waals surface area contributed by atoms with Gasteiger partial charge < -0.3 is 15.0 Å². The average Bonchev–Trinajstić information content (AvgIpc) is 2.89. The first-order valence-corrected chi connectivity index (χ1v) is 11.5. The van der Waals surface area contributed by atoms with Crippen LogP contribution in [0.3, 0.4) is 0 Å². The molecule has 11 heteroatoms. The molecule has 1 saturated heterocycles. The summed E-state index contributed by atoms with van der Waals surface area (Å²) < 4.78 is 42.1. The van der Waals surface area contributed by atoms with Crippen LogP contribution >= 0.6 is 0 Å². The molecule has 3 rings (SSSR count). The second kappa shape index (κ2) is 12.5. The third-order valence-corrected chi connectivity index (χ3v) is 5.84. The number of alkyl halides is 3. The number of hydrogen-bond donors (Lipinski definition) is 1. The van der Waals surface area contributed by atoms with Crippen molar-refractivity contribution in [3.8, 4) is 0 Å². The van der Waals surface area contributed by atoms with Crippen LogP contribution in [0.25, 0.3) is 0 Å². The third kappa shape index (κ3) is 7.53. The van der Waals surface area contributed by atoms with Crippen LogP contribution in [0.1, 0.15) is 15.9 Å². The van der Waals surface area contributed by atoms with Crippen LogP contribution in [-0.2, 0) is 16.1 Å². The van der Waals surface area contributed by atoms with Gasteiger partial charge >= 0.3 is 18.1 Å². The topological polar surface area (TPSA) is 82.2 Å². The fourth-order valence-corrected chi connectivity index (χ4v) is 3.77. The van der Waals surface area contributed by atoms with Crippen molar-refractivity contribution < 1.29 is 32.3 Å². The molecule has 2 aromatic rings.